The standard InChI is InChI=1S/C24H20FN3O7S4/c25-18-7-5-16(6-8-18)14-26-21(29)15-35-24(30)17-11-19(27-38(31,32)22-3-1-9-36-22)13-20(12-17)28-39(33,34)23-4-2-10-37-23/h1-13,27-28H,14-15H2,(H,26,29). The number of esters is 1. The van der Waals surface area contributed by atoms with Crippen LogP contribution >= 0.6 is 22.7 Å². The molecule has 0 unspecified atom stereocenters. The van der Waals surface area contributed by atoms with Crippen molar-refractivity contribution in [3.8, 4) is 0 Å². The number of ether oxygens (including phenoxy) is 1. The second-order valence-electron chi connectivity index (χ2n) is 7.85. The Labute approximate surface area is 231 Å². The van der Waals surface area contributed by atoms with Gasteiger partial charge in [0.25, 0.3) is 26.0 Å². The van der Waals surface area contributed by atoms with Crippen LogP contribution in [0.1, 0.15) is 15.9 Å². The Morgan fingerprint density at radius 3 is 1.82 bits per heavy atom. The SMILES string of the molecule is O=C(COC(=O)c1cc(NS(=O)(=O)c2cccs2)cc(NS(=O)(=O)c2cccs2)c1)NCc1ccc(F)cc1. The molecule has 2 aromatic carbocycles. The van der Waals surface area contributed by atoms with Crippen LogP contribution in [-0.4, -0.2) is 35.3 Å². The van der Waals surface area contributed by atoms with Crippen LogP contribution in [0.25, 0.3) is 0 Å². The monoisotopic (exact) mass is 609 g/mol. The minimum Gasteiger partial charge on any atom is -0.452 e. The van der Waals surface area contributed by atoms with E-state index >= 15 is 0 Å². The van der Waals surface area contributed by atoms with Crippen LogP contribution in [0.3, 0.4) is 0 Å². The summed E-state index contributed by atoms with van der Waals surface area (Å²) in [6.45, 7) is -0.591. The van der Waals surface area contributed by atoms with E-state index in [1.807, 2.05) is 0 Å². The number of thiophene rings is 2. The Bertz CT molecular complexity index is 1590. The Morgan fingerprint density at radius 2 is 1.33 bits per heavy atom. The minimum absolute atomic E-state index is 0.00835. The molecule has 15 heteroatoms. The molecule has 10 nitrogen and oxygen atoms in total. The van der Waals surface area contributed by atoms with Gasteiger partial charge in [-0.15, -0.1) is 22.7 Å². The first-order valence-corrected chi connectivity index (χ1v) is 15.7. The number of anilines is 2. The third-order valence-corrected chi connectivity index (χ3v) is 10.5. The quantitative estimate of drug-likeness (QED) is 0.218. The molecule has 0 atom stereocenters. The molecule has 2 aromatic heterocycles. The molecule has 204 valence electrons. The van der Waals surface area contributed by atoms with Gasteiger partial charge in [-0.25, -0.2) is 26.0 Å². The van der Waals surface area contributed by atoms with Crippen molar-refractivity contribution in [3.05, 3.63) is 94.4 Å². The summed E-state index contributed by atoms with van der Waals surface area (Å²) in [5, 5.41) is 5.67. The van der Waals surface area contributed by atoms with Gasteiger partial charge in [0.2, 0.25) is 0 Å². The number of carbonyl (C=O) groups excluding carboxylic acids is 2. The van der Waals surface area contributed by atoms with Crippen molar-refractivity contribution in [2.24, 2.45) is 0 Å². The Morgan fingerprint density at radius 1 is 0.795 bits per heavy atom. The fraction of sp³-hybridized carbons (Fsp3) is 0.0833. The first-order valence-electron chi connectivity index (χ1n) is 11.0. The molecule has 0 fully saturated rings. The molecular weight excluding hydrogens is 590 g/mol. The van der Waals surface area contributed by atoms with Crippen LogP contribution in [0, 0.1) is 5.82 Å². The van der Waals surface area contributed by atoms with Crippen LogP contribution in [0.5, 0.6) is 0 Å². The van der Waals surface area contributed by atoms with Gasteiger partial charge in [-0.1, -0.05) is 24.3 Å². The molecule has 39 heavy (non-hydrogen) atoms. The second kappa shape index (κ2) is 11.9. The molecular formula is C24H20FN3O7S4. The van der Waals surface area contributed by atoms with Crippen LogP contribution in [0.2, 0.25) is 0 Å². The van der Waals surface area contributed by atoms with Crippen LogP contribution in [0.15, 0.2) is 85.9 Å². The molecule has 0 aliphatic carbocycles. The van der Waals surface area contributed by atoms with Crippen LogP contribution < -0.4 is 14.8 Å². The molecule has 0 bridgehead atoms. The van der Waals surface area contributed by atoms with Crippen LogP contribution in [0.4, 0.5) is 15.8 Å². The van der Waals surface area contributed by atoms with Gasteiger partial charge in [-0.2, -0.15) is 0 Å². The molecule has 2 heterocycles. The first kappa shape index (κ1) is 28.2. The van der Waals surface area contributed by atoms with Crippen molar-refractivity contribution in [3.63, 3.8) is 0 Å². The molecule has 4 aromatic rings. The highest BCUT2D eigenvalue weighted by atomic mass is 32.3. The number of nitrogens with one attached hydrogen (secondary N) is 3. The van der Waals surface area contributed by atoms with Gasteiger partial charge in [-0.3, -0.25) is 14.2 Å². The van der Waals surface area contributed by atoms with E-state index in [0.29, 0.717) is 5.56 Å². The fourth-order valence-corrected chi connectivity index (χ4v) is 7.24. The molecule has 0 saturated heterocycles. The van der Waals surface area contributed by atoms with Crippen molar-refractivity contribution < 1.29 is 35.6 Å². The number of halogens is 1. The molecule has 0 aliphatic rings. The fourth-order valence-electron chi connectivity index (χ4n) is 3.18. The van der Waals surface area contributed by atoms with E-state index in [1.165, 1.54) is 42.5 Å². The zero-order chi connectivity index (χ0) is 28.0. The van der Waals surface area contributed by atoms with Gasteiger partial charge in [0.05, 0.1) is 16.9 Å². The Balaban J connectivity index is 1.51. The van der Waals surface area contributed by atoms with Crippen molar-refractivity contribution in [2.45, 2.75) is 15.0 Å². The second-order valence-corrected chi connectivity index (χ2v) is 13.6. The van der Waals surface area contributed by atoms with E-state index in [-0.39, 0.29) is 31.9 Å². The number of amides is 1. The first-order chi connectivity index (χ1) is 18.5. The third-order valence-electron chi connectivity index (χ3n) is 4.93. The lowest BCUT2D eigenvalue weighted by Gasteiger charge is -2.13. The highest BCUT2D eigenvalue weighted by Gasteiger charge is 2.21. The predicted octanol–water partition coefficient (Wildman–Crippen LogP) is 4.02. The molecule has 0 radical (unpaired) electrons. The van der Waals surface area contributed by atoms with E-state index in [0.717, 1.165) is 34.8 Å². The van der Waals surface area contributed by atoms with Crippen molar-refractivity contribution >= 4 is 66.0 Å². The summed E-state index contributed by atoms with van der Waals surface area (Å²) in [5.41, 5.74) is 0.200. The summed E-state index contributed by atoms with van der Waals surface area (Å²) in [7, 11) is -8.05. The van der Waals surface area contributed by atoms with E-state index < -0.39 is 44.3 Å². The van der Waals surface area contributed by atoms with Gasteiger partial charge in [0.1, 0.15) is 14.2 Å². The lowest BCUT2D eigenvalue weighted by atomic mass is 10.2. The van der Waals surface area contributed by atoms with Gasteiger partial charge in [0, 0.05) is 6.54 Å². The van der Waals surface area contributed by atoms with Crippen molar-refractivity contribution in [1.82, 2.24) is 5.32 Å². The molecule has 4 rings (SSSR count). The lowest BCUT2D eigenvalue weighted by Crippen LogP contribution is -2.28. The molecule has 0 spiro atoms. The molecule has 1 amide bonds. The van der Waals surface area contributed by atoms with Gasteiger partial charge in [0.15, 0.2) is 6.61 Å². The summed E-state index contributed by atoms with van der Waals surface area (Å²) in [5.74, 6) is -2.06. The number of benzene rings is 2. The van der Waals surface area contributed by atoms with Crippen molar-refractivity contribution in [2.75, 3.05) is 16.1 Å². The summed E-state index contributed by atoms with van der Waals surface area (Å²) in [4.78, 5) is 24.9. The van der Waals surface area contributed by atoms with E-state index in [2.05, 4.69) is 14.8 Å². The smallest absolute Gasteiger partial charge is 0.338 e. The minimum atomic E-state index is -4.02. The maximum atomic E-state index is 13.0. The summed E-state index contributed by atoms with van der Waals surface area (Å²) < 4.78 is 73.6. The van der Waals surface area contributed by atoms with E-state index in [1.54, 1.807) is 22.9 Å². The topological polar surface area (TPSA) is 148 Å². The van der Waals surface area contributed by atoms with Gasteiger partial charge >= 0.3 is 5.97 Å². The summed E-state index contributed by atoms with van der Waals surface area (Å²) in [6, 6.07) is 14.9. The maximum Gasteiger partial charge on any atom is 0.338 e. The number of rotatable bonds is 11. The number of sulfonamides is 2. The third kappa shape index (κ3) is 7.63. The molecule has 0 saturated carbocycles. The van der Waals surface area contributed by atoms with Crippen LogP contribution in [-0.2, 0) is 36.1 Å². The van der Waals surface area contributed by atoms with Crippen molar-refractivity contribution in [1.29, 1.82) is 0 Å². The number of carbonyl (C=O) groups is 2. The highest BCUT2D eigenvalue weighted by molar-refractivity contribution is 7.95. The zero-order valence-electron chi connectivity index (χ0n) is 19.8. The lowest BCUT2D eigenvalue weighted by molar-refractivity contribution is -0.124. The maximum absolute atomic E-state index is 13.0. The average molecular weight is 610 g/mol. The highest BCUT2D eigenvalue weighted by Crippen LogP contribution is 2.27. The molecule has 3 N–H and O–H groups in total. The number of hydrogen-bond donors (Lipinski definition) is 3. The Kier molecular flexibility index (Phi) is 8.64. The molecule has 0 aliphatic heterocycles. The number of hydrogen-bond acceptors (Lipinski definition) is 9. The normalized spacial score (nSPS) is 11.5. The Hall–Kier alpha value is -3.79. The average Bonchev–Trinajstić information content (AvgIpc) is 3.62. The van der Waals surface area contributed by atoms with E-state index in [9.17, 15) is 30.8 Å². The van der Waals surface area contributed by atoms with Gasteiger partial charge in [-0.05, 0) is 58.8 Å². The summed E-state index contributed by atoms with van der Waals surface area (Å²) >= 11 is 1.94. The van der Waals surface area contributed by atoms with Gasteiger partial charge < -0.3 is 10.1 Å². The largest absolute Gasteiger partial charge is 0.452 e. The van der Waals surface area contributed by atoms with E-state index in [4.69, 9.17) is 4.74 Å². The zero-order valence-corrected chi connectivity index (χ0v) is 23.1. The summed E-state index contributed by atoms with van der Waals surface area (Å²) in [6.07, 6.45) is 0. The predicted molar refractivity (Wildman–Crippen MR) is 145 cm³/mol.